The Morgan fingerprint density at radius 2 is 1.95 bits per heavy atom. The van der Waals surface area contributed by atoms with E-state index in [4.69, 9.17) is 4.74 Å². The van der Waals surface area contributed by atoms with Gasteiger partial charge in [-0.2, -0.15) is 18.3 Å². The Balaban J connectivity index is 0.00000410. The molecule has 0 fully saturated rings. The fourth-order valence-corrected chi connectivity index (χ4v) is 3.20. The average molecular weight is 524 g/mol. The molecule has 0 spiro atoms. The summed E-state index contributed by atoms with van der Waals surface area (Å²) in [6.07, 6.45) is 17.0. The molecule has 0 radical (unpaired) electrons. The van der Waals surface area contributed by atoms with Crippen LogP contribution in [0.15, 0.2) is 54.9 Å². The second-order valence-electron chi connectivity index (χ2n) is 8.98. The quantitative estimate of drug-likeness (QED) is 0.156. The fraction of sp³-hybridized carbons (Fsp3) is 0.552. The topological polar surface area (TPSA) is 50.5 Å². The molecule has 0 aliphatic rings. The van der Waals surface area contributed by atoms with Gasteiger partial charge >= 0.3 is 6.18 Å². The maximum absolute atomic E-state index is 12.4. The number of halogens is 3. The molecule has 1 unspecified atom stereocenters. The van der Waals surface area contributed by atoms with Crippen LogP contribution in [0.1, 0.15) is 66.4 Å². The summed E-state index contributed by atoms with van der Waals surface area (Å²) in [5.41, 5.74) is 0.993. The number of hydrogen-bond donors (Lipinski definition) is 1. The van der Waals surface area contributed by atoms with Crippen LogP contribution in [0, 0.1) is 12.3 Å². The van der Waals surface area contributed by atoms with Gasteiger partial charge in [-0.1, -0.05) is 43.4 Å². The molecular weight excluding hydrogens is 479 g/mol. The molecule has 0 aliphatic carbocycles. The van der Waals surface area contributed by atoms with Gasteiger partial charge in [-0.25, -0.2) is 4.68 Å². The third kappa shape index (κ3) is 16.7. The molecule has 0 amide bonds. The zero-order valence-electron chi connectivity index (χ0n) is 23.1. The molecule has 1 aromatic heterocycles. The van der Waals surface area contributed by atoms with Crippen LogP contribution in [-0.2, 0) is 11.3 Å². The van der Waals surface area contributed by atoms with Crippen molar-refractivity contribution in [2.75, 3.05) is 19.7 Å². The first kappa shape index (κ1) is 34.4. The molecule has 5 nitrogen and oxygen atoms in total. The van der Waals surface area contributed by atoms with Crippen LogP contribution in [0.3, 0.4) is 0 Å². The van der Waals surface area contributed by atoms with Gasteiger partial charge in [0.1, 0.15) is 0 Å². The Labute approximate surface area is 221 Å². The molecule has 0 bridgehead atoms. The predicted octanol–water partition coefficient (Wildman–Crippen LogP) is 6.78. The first-order valence-corrected chi connectivity index (χ1v) is 12.5. The molecule has 0 saturated carbocycles. The van der Waals surface area contributed by atoms with E-state index in [2.05, 4.69) is 47.5 Å². The van der Waals surface area contributed by atoms with Gasteiger partial charge in [0.2, 0.25) is 0 Å². The van der Waals surface area contributed by atoms with Crippen LogP contribution >= 0.6 is 0 Å². The van der Waals surface area contributed by atoms with E-state index in [0.717, 1.165) is 37.6 Å². The van der Waals surface area contributed by atoms with Gasteiger partial charge in [-0.05, 0) is 60.1 Å². The normalized spacial score (nSPS) is 13.9. The first-order valence-electron chi connectivity index (χ1n) is 12.5. The summed E-state index contributed by atoms with van der Waals surface area (Å²) in [6.45, 7) is 13.6. The van der Waals surface area contributed by atoms with Crippen molar-refractivity contribution in [1.29, 1.82) is 0 Å². The molecule has 208 valence electrons. The number of aliphatic hydroxyl groups is 1. The van der Waals surface area contributed by atoms with Crippen molar-refractivity contribution in [3.63, 3.8) is 0 Å². The lowest BCUT2D eigenvalue weighted by Gasteiger charge is -2.27. The number of aliphatic hydroxyl groups excluding tert-OH is 1. The summed E-state index contributed by atoms with van der Waals surface area (Å²) in [4.78, 5) is 2.28. The number of hydrogen-bond acceptors (Lipinski definition) is 4. The molecule has 1 atom stereocenters. The average Bonchev–Trinajstić information content (AvgIpc) is 3.29. The smallest absolute Gasteiger partial charge is 0.392 e. The predicted molar refractivity (Wildman–Crippen MR) is 147 cm³/mol. The van der Waals surface area contributed by atoms with Crippen molar-refractivity contribution < 1.29 is 23.0 Å². The van der Waals surface area contributed by atoms with E-state index in [-0.39, 0.29) is 12.7 Å². The van der Waals surface area contributed by atoms with Gasteiger partial charge in [-0.15, -0.1) is 12.3 Å². The largest absolute Gasteiger partial charge is 0.393 e. The number of rotatable bonds is 15. The number of alkyl halides is 3. The number of ether oxygens (including phenoxy) is 1. The van der Waals surface area contributed by atoms with Crippen molar-refractivity contribution in [1.82, 2.24) is 14.7 Å². The molecule has 0 aromatic carbocycles. The fourth-order valence-electron chi connectivity index (χ4n) is 3.20. The Morgan fingerprint density at radius 3 is 2.49 bits per heavy atom. The number of terminal acetylenes is 1. The highest BCUT2D eigenvalue weighted by atomic mass is 19.4. The van der Waals surface area contributed by atoms with Gasteiger partial charge in [0.15, 0.2) is 0 Å². The zero-order valence-corrected chi connectivity index (χ0v) is 23.1. The van der Waals surface area contributed by atoms with Gasteiger partial charge in [0.05, 0.1) is 36.6 Å². The Morgan fingerprint density at radius 1 is 1.27 bits per heavy atom. The molecule has 1 N–H and O–H groups in total. The minimum atomic E-state index is -4.21. The first-order chi connectivity index (χ1) is 17.4. The summed E-state index contributed by atoms with van der Waals surface area (Å²) < 4.78 is 44.8. The lowest BCUT2D eigenvalue weighted by atomic mass is 10.1. The highest BCUT2D eigenvalue weighted by molar-refractivity contribution is 5.55. The maximum Gasteiger partial charge on any atom is 0.392 e. The number of allylic oxidation sites excluding steroid dienone is 5. The second-order valence-corrected chi connectivity index (χ2v) is 8.98. The SMILES string of the molecule is C#CC.C/C=C/CC(/C=C/CCN(CC)Cc1cnn(C(/C=C\CC(F)(F)F)=C/C)c1)OC(C)(C)CO. The minimum Gasteiger partial charge on any atom is -0.393 e. The number of aromatic nitrogens is 2. The van der Waals surface area contributed by atoms with Crippen molar-refractivity contribution in [3.05, 3.63) is 60.5 Å². The third-order valence-corrected chi connectivity index (χ3v) is 5.11. The van der Waals surface area contributed by atoms with E-state index in [9.17, 15) is 18.3 Å². The highest BCUT2D eigenvalue weighted by Crippen LogP contribution is 2.21. The van der Waals surface area contributed by atoms with Crippen LogP contribution in [0.25, 0.3) is 5.70 Å². The summed E-state index contributed by atoms with van der Waals surface area (Å²) in [7, 11) is 0. The van der Waals surface area contributed by atoms with E-state index >= 15 is 0 Å². The van der Waals surface area contributed by atoms with Crippen LogP contribution < -0.4 is 0 Å². The van der Waals surface area contributed by atoms with E-state index in [0.29, 0.717) is 12.2 Å². The van der Waals surface area contributed by atoms with Gasteiger partial charge < -0.3 is 9.84 Å². The van der Waals surface area contributed by atoms with Crippen LogP contribution in [0.2, 0.25) is 0 Å². The summed E-state index contributed by atoms with van der Waals surface area (Å²) in [5.74, 6) is 2.25. The highest BCUT2D eigenvalue weighted by Gasteiger charge is 2.24. The molecular formula is C29H44F3N3O2. The van der Waals surface area contributed by atoms with E-state index in [1.54, 1.807) is 30.8 Å². The van der Waals surface area contributed by atoms with Gasteiger partial charge in [0, 0.05) is 24.8 Å². The van der Waals surface area contributed by atoms with Crippen LogP contribution in [0.4, 0.5) is 13.2 Å². The maximum atomic E-state index is 12.4. The molecule has 1 heterocycles. The van der Waals surface area contributed by atoms with Crippen LogP contribution in [0.5, 0.6) is 0 Å². The van der Waals surface area contributed by atoms with E-state index in [1.807, 2.05) is 33.0 Å². The van der Waals surface area contributed by atoms with Crippen molar-refractivity contribution in [3.8, 4) is 12.3 Å². The Kier molecular flexibility index (Phi) is 17.3. The van der Waals surface area contributed by atoms with Crippen molar-refractivity contribution in [2.24, 2.45) is 0 Å². The Hall–Kier alpha value is -2.60. The third-order valence-electron chi connectivity index (χ3n) is 5.11. The molecule has 8 heteroatoms. The standard InChI is InChI=1S/C26H40F3N3O2.C3H4/c1-6-9-14-24(34-25(4,5)21-33)15-10-11-17-31(8-3)19-22-18-30-32(20-22)23(7-2)13-12-16-26(27,28)29;1-3-2/h6-7,9-10,12-13,15,18,20,24,33H,8,11,14,16-17,19,21H2,1-5H3;1H,2H3/b9-6+,13-12-,15-10+,23-7+;. The lowest BCUT2D eigenvalue weighted by Crippen LogP contribution is -2.33. The van der Waals surface area contributed by atoms with Gasteiger partial charge in [0.25, 0.3) is 0 Å². The second kappa shape index (κ2) is 18.6. The molecule has 1 rings (SSSR count). The van der Waals surface area contributed by atoms with E-state index < -0.39 is 18.2 Å². The lowest BCUT2D eigenvalue weighted by molar-refractivity contribution is -0.125. The minimum absolute atomic E-state index is 0.0441. The molecule has 0 aliphatic heterocycles. The molecule has 1 aromatic rings. The van der Waals surface area contributed by atoms with Crippen LogP contribution in [-0.4, -0.2) is 57.4 Å². The molecule has 0 saturated heterocycles. The monoisotopic (exact) mass is 523 g/mol. The van der Waals surface area contributed by atoms with Crippen molar-refractivity contribution >= 4 is 5.70 Å². The summed E-state index contributed by atoms with van der Waals surface area (Å²) >= 11 is 0. The summed E-state index contributed by atoms with van der Waals surface area (Å²) in [6, 6.07) is 0. The number of nitrogens with zero attached hydrogens (tertiary/aromatic N) is 3. The van der Waals surface area contributed by atoms with E-state index in [1.165, 1.54) is 6.08 Å². The summed E-state index contributed by atoms with van der Waals surface area (Å²) in [5, 5.41) is 13.8. The molecule has 37 heavy (non-hydrogen) atoms. The Bertz CT molecular complexity index is 906. The van der Waals surface area contributed by atoms with Gasteiger partial charge in [-0.3, -0.25) is 4.90 Å². The zero-order chi connectivity index (χ0) is 28.3. The van der Waals surface area contributed by atoms with Crippen molar-refractivity contribution in [2.45, 2.75) is 85.2 Å².